The summed E-state index contributed by atoms with van der Waals surface area (Å²) < 4.78 is 20.8. The van der Waals surface area contributed by atoms with Gasteiger partial charge in [-0.05, 0) is 26.1 Å². The molecule has 0 aliphatic rings. The van der Waals surface area contributed by atoms with Crippen molar-refractivity contribution in [1.82, 2.24) is 15.1 Å². The largest absolute Gasteiger partial charge is 0.436 e. The zero-order valence-corrected chi connectivity index (χ0v) is 10.7. The second-order valence-corrected chi connectivity index (χ2v) is 4.06. The fourth-order valence-corrected chi connectivity index (χ4v) is 1.82. The summed E-state index contributed by atoms with van der Waals surface area (Å²) in [7, 11) is 3.63. The molecule has 0 fully saturated rings. The van der Waals surface area contributed by atoms with Crippen molar-refractivity contribution in [2.45, 2.75) is 13.5 Å². The van der Waals surface area contributed by atoms with Gasteiger partial charge in [0, 0.05) is 13.6 Å². The third-order valence-corrected chi connectivity index (χ3v) is 2.69. The summed E-state index contributed by atoms with van der Waals surface area (Å²) >= 11 is 0. The highest BCUT2D eigenvalue weighted by Crippen LogP contribution is 2.28. The SMILES string of the molecule is CNCc1c(C)nn(C)c1Oc1ccccc1F. The molecule has 1 aromatic carbocycles. The summed E-state index contributed by atoms with van der Waals surface area (Å²) in [5.74, 6) is 0.386. The van der Waals surface area contributed by atoms with Crippen molar-refractivity contribution in [1.29, 1.82) is 0 Å². The molecule has 1 heterocycles. The molecule has 0 unspecified atom stereocenters. The average Bonchev–Trinajstić information content (AvgIpc) is 2.59. The number of hydrogen-bond donors (Lipinski definition) is 1. The number of aryl methyl sites for hydroxylation is 2. The van der Waals surface area contributed by atoms with Crippen molar-refractivity contribution in [2.75, 3.05) is 7.05 Å². The van der Waals surface area contributed by atoms with Crippen molar-refractivity contribution in [3.05, 3.63) is 41.3 Å². The van der Waals surface area contributed by atoms with Gasteiger partial charge in [-0.2, -0.15) is 5.10 Å². The highest BCUT2D eigenvalue weighted by atomic mass is 19.1. The molecule has 0 saturated carbocycles. The smallest absolute Gasteiger partial charge is 0.222 e. The van der Waals surface area contributed by atoms with E-state index in [2.05, 4.69) is 10.4 Å². The van der Waals surface area contributed by atoms with Crippen LogP contribution in [-0.4, -0.2) is 16.8 Å². The molecule has 0 spiro atoms. The number of nitrogens with one attached hydrogen (secondary N) is 1. The van der Waals surface area contributed by atoms with Gasteiger partial charge in [-0.15, -0.1) is 0 Å². The van der Waals surface area contributed by atoms with Crippen LogP contribution in [0.1, 0.15) is 11.3 Å². The number of hydrogen-bond acceptors (Lipinski definition) is 3. The first-order chi connectivity index (χ1) is 8.63. The highest BCUT2D eigenvalue weighted by molar-refractivity contribution is 5.36. The highest BCUT2D eigenvalue weighted by Gasteiger charge is 2.16. The van der Waals surface area contributed by atoms with Crippen LogP contribution in [0, 0.1) is 12.7 Å². The van der Waals surface area contributed by atoms with Crippen LogP contribution in [-0.2, 0) is 13.6 Å². The van der Waals surface area contributed by atoms with Crippen LogP contribution in [0.3, 0.4) is 0 Å². The van der Waals surface area contributed by atoms with Gasteiger partial charge in [-0.1, -0.05) is 12.1 Å². The van der Waals surface area contributed by atoms with Crippen molar-refractivity contribution >= 4 is 0 Å². The molecule has 0 aliphatic heterocycles. The Morgan fingerprint density at radius 2 is 2.11 bits per heavy atom. The quantitative estimate of drug-likeness (QED) is 0.904. The number of benzene rings is 1. The van der Waals surface area contributed by atoms with Crippen LogP contribution in [0.25, 0.3) is 0 Å². The molecule has 0 atom stereocenters. The van der Waals surface area contributed by atoms with Crippen LogP contribution >= 0.6 is 0 Å². The molecule has 0 amide bonds. The minimum absolute atomic E-state index is 0.206. The van der Waals surface area contributed by atoms with Gasteiger partial charge in [0.1, 0.15) is 0 Å². The molecule has 96 valence electrons. The normalized spacial score (nSPS) is 10.7. The maximum absolute atomic E-state index is 13.6. The number of aromatic nitrogens is 2. The van der Waals surface area contributed by atoms with Crippen molar-refractivity contribution < 1.29 is 9.13 Å². The Bertz CT molecular complexity index is 551. The predicted molar refractivity (Wildman–Crippen MR) is 67.2 cm³/mol. The molecular weight excluding hydrogens is 233 g/mol. The van der Waals surface area contributed by atoms with Crippen LogP contribution in [0.4, 0.5) is 4.39 Å². The first-order valence-corrected chi connectivity index (χ1v) is 5.73. The molecule has 2 aromatic rings. The topological polar surface area (TPSA) is 39.1 Å². The van der Waals surface area contributed by atoms with E-state index in [4.69, 9.17) is 4.74 Å². The molecule has 2 rings (SSSR count). The van der Waals surface area contributed by atoms with Crippen LogP contribution in [0.2, 0.25) is 0 Å². The molecule has 1 N–H and O–H groups in total. The zero-order chi connectivity index (χ0) is 13.1. The van der Waals surface area contributed by atoms with Gasteiger partial charge in [0.2, 0.25) is 5.88 Å². The van der Waals surface area contributed by atoms with Crippen LogP contribution in [0.5, 0.6) is 11.6 Å². The van der Waals surface area contributed by atoms with Gasteiger partial charge in [0.15, 0.2) is 11.6 Å². The molecule has 1 aromatic heterocycles. The first-order valence-electron chi connectivity index (χ1n) is 5.73. The summed E-state index contributed by atoms with van der Waals surface area (Å²) in [6.07, 6.45) is 0. The van der Waals surface area contributed by atoms with Crippen LogP contribution < -0.4 is 10.1 Å². The van der Waals surface area contributed by atoms with E-state index in [1.54, 1.807) is 29.9 Å². The second-order valence-electron chi connectivity index (χ2n) is 4.06. The van der Waals surface area contributed by atoms with Gasteiger partial charge < -0.3 is 10.1 Å². The molecule has 4 nitrogen and oxygen atoms in total. The average molecular weight is 249 g/mol. The van der Waals surface area contributed by atoms with Crippen molar-refractivity contribution in [2.24, 2.45) is 7.05 Å². The van der Waals surface area contributed by atoms with Gasteiger partial charge in [0.05, 0.1) is 11.3 Å². The summed E-state index contributed by atoms with van der Waals surface area (Å²) in [6, 6.07) is 6.34. The van der Waals surface area contributed by atoms with Gasteiger partial charge >= 0.3 is 0 Å². The molecule has 18 heavy (non-hydrogen) atoms. The van der Waals surface area contributed by atoms with Crippen molar-refractivity contribution in [3.8, 4) is 11.6 Å². The molecule has 0 bridgehead atoms. The Morgan fingerprint density at radius 3 is 2.78 bits per heavy atom. The summed E-state index contributed by atoms with van der Waals surface area (Å²) in [4.78, 5) is 0. The van der Waals surface area contributed by atoms with E-state index in [0.29, 0.717) is 12.4 Å². The monoisotopic (exact) mass is 249 g/mol. The fourth-order valence-electron chi connectivity index (χ4n) is 1.82. The Morgan fingerprint density at radius 1 is 1.39 bits per heavy atom. The Labute approximate surface area is 105 Å². The second kappa shape index (κ2) is 5.18. The van der Waals surface area contributed by atoms with Crippen molar-refractivity contribution in [3.63, 3.8) is 0 Å². The minimum atomic E-state index is -0.383. The van der Waals surface area contributed by atoms with Gasteiger partial charge in [-0.3, -0.25) is 0 Å². The van der Waals surface area contributed by atoms with E-state index < -0.39 is 0 Å². The Balaban J connectivity index is 2.37. The minimum Gasteiger partial charge on any atom is -0.436 e. The molecule has 5 heteroatoms. The van der Waals surface area contributed by atoms with Gasteiger partial charge in [-0.25, -0.2) is 9.07 Å². The fraction of sp³-hybridized carbons (Fsp3) is 0.308. The lowest BCUT2D eigenvalue weighted by molar-refractivity contribution is 0.399. The van der Waals surface area contributed by atoms with E-state index in [-0.39, 0.29) is 11.6 Å². The summed E-state index contributed by atoms with van der Waals surface area (Å²) in [5, 5.41) is 7.34. The molecular formula is C13H16FN3O. The van der Waals surface area contributed by atoms with Gasteiger partial charge in [0.25, 0.3) is 0 Å². The zero-order valence-electron chi connectivity index (χ0n) is 10.7. The molecule has 0 saturated heterocycles. The summed E-state index contributed by atoms with van der Waals surface area (Å²) in [6.45, 7) is 2.53. The number of ether oxygens (including phenoxy) is 1. The summed E-state index contributed by atoms with van der Waals surface area (Å²) in [5.41, 5.74) is 1.81. The first kappa shape index (κ1) is 12.6. The lowest BCUT2D eigenvalue weighted by atomic mass is 10.2. The van der Waals surface area contributed by atoms with E-state index >= 15 is 0 Å². The van der Waals surface area contributed by atoms with Crippen LogP contribution in [0.15, 0.2) is 24.3 Å². The third kappa shape index (κ3) is 2.36. The number of rotatable bonds is 4. The standard InChI is InChI=1S/C13H16FN3O/c1-9-10(8-15-2)13(17(3)16-9)18-12-7-5-4-6-11(12)14/h4-7,15H,8H2,1-3H3. The third-order valence-electron chi connectivity index (χ3n) is 2.69. The molecule has 0 aliphatic carbocycles. The van der Waals surface area contributed by atoms with E-state index in [0.717, 1.165) is 11.3 Å². The van der Waals surface area contributed by atoms with E-state index in [1.807, 2.05) is 14.0 Å². The number of para-hydroxylation sites is 1. The number of nitrogens with zero attached hydrogens (tertiary/aromatic N) is 2. The molecule has 0 radical (unpaired) electrons. The lowest BCUT2D eigenvalue weighted by Gasteiger charge is -2.09. The maximum atomic E-state index is 13.6. The van der Waals surface area contributed by atoms with E-state index in [1.165, 1.54) is 6.07 Å². The maximum Gasteiger partial charge on any atom is 0.222 e. The lowest BCUT2D eigenvalue weighted by Crippen LogP contribution is -2.07. The predicted octanol–water partition coefficient (Wildman–Crippen LogP) is 2.38. The Hall–Kier alpha value is -1.88. The Kier molecular flexibility index (Phi) is 3.62. The van der Waals surface area contributed by atoms with E-state index in [9.17, 15) is 4.39 Å². The number of halogens is 1.